The van der Waals surface area contributed by atoms with Crippen LogP contribution < -0.4 is 5.84 Å². The molecular weight excluding hydrogens is 400 g/mol. The van der Waals surface area contributed by atoms with Gasteiger partial charge in [-0.15, -0.1) is 5.17 Å². The number of hydrogen-bond acceptors (Lipinski definition) is 6. The van der Waals surface area contributed by atoms with Gasteiger partial charge in [-0.3, -0.25) is 24.0 Å². The van der Waals surface area contributed by atoms with E-state index in [0.717, 1.165) is 10.2 Å². The van der Waals surface area contributed by atoms with Crippen molar-refractivity contribution in [2.75, 3.05) is 6.61 Å². The Balaban J connectivity index is 2.39. The van der Waals surface area contributed by atoms with E-state index in [0.29, 0.717) is 0 Å². The van der Waals surface area contributed by atoms with Crippen LogP contribution in [0.15, 0.2) is 60.7 Å². The number of hydrazine groups is 2. The van der Waals surface area contributed by atoms with Gasteiger partial charge in [0.2, 0.25) is 0 Å². The molecule has 31 heavy (non-hydrogen) atoms. The minimum atomic E-state index is -1.31. The highest BCUT2D eigenvalue weighted by molar-refractivity contribution is 6.38. The number of imide groups is 1. The molecule has 0 heterocycles. The number of rotatable bonds is 4. The lowest BCUT2D eigenvalue weighted by molar-refractivity contribution is -0.258. The quantitative estimate of drug-likeness (QED) is 0.347. The summed E-state index contributed by atoms with van der Waals surface area (Å²) in [7, 11) is 0. The molecule has 2 aromatic carbocycles. The summed E-state index contributed by atoms with van der Waals surface area (Å²) < 4.78 is 0. The largest absolute Gasteiger partial charge is 0.335 e. The smallest absolute Gasteiger partial charge is 0.267 e. The van der Waals surface area contributed by atoms with E-state index in [2.05, 4.69) is 0 Å². The fourth-order valence-electron chi connectivity index (χ4n) is 2.69. The van der Waals surface area contributed by atoms with Crippen LogP contribution in [0.1, 0.15) is 48.4 Å². The fourth-order valence-corrected chi connectivity index (χ4v) is 2.69. The normalized spacial score (nSPS) is 10.9. The van der Waals surface area contributed by atoms with E-state index >= 15 is 0 Å². The first-order chi connectivity index (χ1) is 14.6. The lowest BCUT2D eigenvalue weighted by Gasteiger charge is -2.41. The molecule has 0 aliphatic heterocycles. The SMILES string of the molecule is CCON(C(=O)c1ccccc1)N(C(=O)C(=O)N(N)C(=O)c1ccccc1)C(C)(C)C. The van der Waals surface area contributed by atoms with Gasteiger partial charge in [0, 0.05) is 11.1 Å². The van der Waals surface area contributed by atoms with Crippen molar-refractivity contribution in [3.05, 3.63) is 71.8 Å². The van der Waals surface area contributed by atoms with Crippen LogP contribution in [0.25, 0.3) is 0 Å². The molecule has 0 radical (unpaired) electrons. The van der Waals surface area contributed by atoms with Crippen LogP contribution in [0, 0.1) is 0 Å². The van der Waals surface area contributed by atoms with E-state index in [-0.39, 0.29) is 22.7 Å². The van der Waals surface area contributed by atoms with E-state index in [1.807, 2.05) is 0 Å². The molecule has 2 N–H and O–H groups in total. The van der Waals surface area contributed by atoms with Crippen LogP contribution in [-0.4, -0.2) is 51.0 Å². The summed E-state index contributed by atoms with van der Waals surface area (Å²) in [5, 5.41) is 1.82. The second-order valence-corrected chi connectivity index (χ2v) is 7.50. The lowest BCUT2D eigenvalue weighted by Crippen LogP contribution is -2.62. The number of carbonyl (C=O) groups excluding carboxylic acids is 4. The molecule has 2 rings (SSSR count). The summed E-state index contributed by atoms with van der Waals surface area (Å²) in [4.78, 5) is 57.0. The Bertz CT molecular complexity index is 941. The summed E-state index contributed by atoms with van der Waals surface area (Å²) in [6.07, 6.45) is 0. The maximum atomic E-state index is 13.1. The monoisotopic (exact) mass is 426 g/mol. The standard InChI is InChI=1S/C22H26N4O5/c1-5-31-26(19(28)17-14-10-7-11-15-17)25(22(2,3)4)21(30)20(29)24(23)18(27)16-12-8-6-9-13-16/h6-15H,5,23H2,1-4H3. The molecule has 0 aliphatic rings. The second-order valence-electron chi connectivity index (χ2n) is 7.50. The van der Waals surface area contributed by atoms with Gasteiger partial charge in [-0.05, 0) is 52.0 Å². The average Bonchev–Trinajstić information content (AvgIpc) is 2.76. The van der Waals surface area contributed by atoms with E-state index < -0.39 is 29.2 Å². The first kappa shape index (κ1) is 23.7. The van der Waals surface area contributed by atoms with Gasteiger partial charge in [0.15, 0.2) is 0 Å². The Kier molecular flexibility index (Phi) is 7.62. The summed E-state index contributed by atoms with van der Waals surface area (Å²) in [6.45, 7) is 6.52. The van der Waals surface area contributed by atoms with E-state index in [9.17, 15) is 19.2 Å². The van der Waals surface area contributed by atoms with Crippen molar-refractivity contribution in [2.24, 2.45) is 5.84 Å². The number of benzene rings is 2. The number of hydrogen-bond donors (Lipinski definition) is 1. The maximum Gasteiger partial charge on any atom is 0.335 e. The molecule has 0 atom stereocenters. The van der Waals surface area contributed by atoms with Crippen molar-refractivity contribution < 1.29 is 24.0 Å². The molecule has 0 aliphatic carbocycles. The Morgan fingerprint density at radius 1 is 0.806 bits per heavy atom. The topological polar surface area (TPSA) is 113 Å². The third-order valence-corrected chi connectivity index (χ3v) is 4.10. The van der Waals surface area contributed by atoms with Crippen molar-refractivity contribution >= 4 is 23.6 Å². The number of carbonyl (C=O) groups is 4. The molecule has 9 heteroatoms. The molecule has 0 saturated carbocycles. The maximum absolute atomic E-state index is 13.1. The molecule has 2 aromatic rings. The third-order valence-electron chi connectivity index (χ3n) is 4.10. The zero-order valence-electron chi connectivity index (χ0n) is 17.9. The van der Waals surface area contributed by atoms with Gasteiger partial charge >= 0.3 is 11.8 Å². The lowest BCUT2D eigenvalue weighted by atomic mass is 10.1. The van der Waals surface area contributed by atoms with E-state index in [1.165, 1.54) is 12.1 Å². The summed E-state index contributed by atoms with van der Waals surface area (Å²) in [5.41, 5.74) is -0.686. The molecule has 0 fully saturated rings. The van der Waals surface area contributed by atoms with Crippen molar-refractivity contribution in [1.82, 2.24) is 15.2 Å². The highest BCUT2D eigenvalue weighted by Gasteiger charge is 2.42. The molecular formula is C22H26N4O5. The van der Waals surface area contributed by atoms with Crippen molar-refractivity contribution in [2.45, 2.75) is 33.2 Å². The predicted molar refractivity (Wildman–Crippen MR) is 113 cm³/mol. The Morgan fingerprint density at radius 3 is 1.68 bits per heavy atom. The molecule has 0 unspecified atom stereocenters. The van der Waals surface area contributed by atoms with Crippen molar-refractivity contribution in [3.63, 3.8) is 0 Å². The number of hydroxylamine groups is 1. The molecule has 0 spiro atoms. The molecule has 4 amide bonds. The van der Waals surface area contributed by atoms with Gasteiger partial charge in [-0.1, -0.05) is 36.4 Å². The van der Waals surface area contributed by atoms with Crippen molar-refractivity contribution in [3.8, 4) is 0 Å². The van der Waals surface area contributed by atoms with Crippen LogP contribution in [0.2, 0.25) is 0 Å². The molecule has 0 saturated heterocycles. The van der Waals surface area contributed by atoms with Gasteiger partial charge in [0.05, 0.1) is 12.1 Å². The number of nitrogens with zero attached hydrogens (tertiary/aromatic N) is 3. The summed E-state index contributed by atoms with van der Waals surface area (Å²) >= 11 is 0. The molecule has 9 nitrogen and oxygen atoms in total. The van der Waals surface area contributed by atoms with Crippen molar-refractivity contribution in [1.29, 1.82) is 0 Å². The van der Waals surface area contributed by atoms with E-state index in [4.69, 9.17) is 10.7 Å². The Morgan fingerprint density at radius 2 is 1.26 bits per heavy atom. The van der Waals surface area contributed by atoms with E-state index in [1.54, 1.807) is 76.2 Å². The minimum Gasteiger partial charge on any atom is -0.267 e. The van der Waals surface area contributed by atoms with Gasteiger partial charge < -0.3 is 0 Å². The second kappa shape index (κ2) is 9.96. The number of nitrogens with two attached hydrogens (primary N) is 1. The highest BCUT2D eigenvalue weighted by atomic mass is 16.7. The molecule has 0 aromatic heterocycles. The zero-order chi connectivity index (χ0) is 23.2. The Labute approximate surface area is 180 Å². The van der Waals surface area contributed by atoms with Gasteiger partial charge in [0.25, 0.3) is 11.8 Å². The summed E-state index contributed by atoms with van der Waals surface area (Å²) in [5.74, 6) is 1.66. The zero-order valence-corrected chi connectivity index (χ0v) is 17.9. The predicted octanol–water partition coefficient (Wildman–Crippen LogP) is 2.17. The van der Waals surface area contributed by atoms with Crippen LogP contribution >= 0.6 is 0 Å². The fraction of sp³-hybridized carbons (Fsp3) is 0.273. The molecule has 164 valence electrons. The highest BCUT2D eigenvalue weighted by Crippen LogP contribution is 2.21. The molecule has 0 bridgehead atoms. The first-order valence-corrected chi connectivity index (χ1v) is 9.64. The number of amides is 4. The van der Waals surface area contributed by atoms with Crippen LogP contribution in [-0.2, 0) is 14.4 Å². The van der Waals surface area contributed by atoms with Crippen LogP contribution in [0.4, 0.5) is 0 Å². The minimum absolute atomic E-state index is 0.0436. The third kappa shape index (κ3) is 5.53. The Hall–Kier alpha value is -3.56. The van der Waals surface area contributed by atoms with Crippen LogP contribution in [0.3, 0.4) is 0 Å². The average molecular weight is 426 g/mol. The van der Waals surface area contributed by atoms with Gasteiger partial charge in [-0.2, -0.15) is 0 Å². The van der Waals surface area contributed by atoms with Gasteiger partial charge in [0.1, 0.15) is 0 Å². The first-order valence-electron chi connectivity index (χ1n) is 9.64. The summed E-state index contributed by atoms with van der Waals surface area (Å²) in [6, 6.07) is 16.0. The van der Waals surface area contributed by atoms with Gasteiger partial charge in [-0.25, -0.2) is 15.9 Å². The van der Waals surface area contributed by atoms with Crippen LogP contribution in [0.5, 0.6) is 0 Å².